The highest BCUT2D eigenvalue weighted by molar-refractivity contribution is 8.03. The molecule has 3 heterocycles. The van der Waals surface area contributed by atoms with Crippen LogP contribution in [0.4, 0.5) is 9.18 Å². The number of benzene rings is 1. The minimum atomic E-state index is -1.22. The van der Waals surface area contributed by atoms with E-state index in [1.165, 1.54) is 35.7 Å². The summed E-state index contributed by atoms with van der Waals surface area (Å²) in [5, 5.41) is 10.4. The first-order chi connectivity index (χ1) is 17.5. The predicted octanol–water partition coefficient (Wildman–Crippen LogP) is 3.68. The van der Waals surface area contributed by atoms with Crippen molar-refractivity contribution in [2.45, 2.75) is 71.0 Å². The van der Waals surface area contributed by atoms with Crippen LogP contribution in [0.15, 0.2) is 34.9 Å². The monoisotopic (exact) mass is 572 g/mol. The lowest BCUT2D eigenvalue weighted by molar-refractivity contribution is -0.174. The number of carbonyl (C=O) groups is 3. The molecule has 1 amide bonds. The zero-order chi connectivity index (χ0) is 27.0. The highest BCUT2D eigenvalue weighted by atomic mass is 35.5. The summed E-state index contributed by atoms with van der Waals surface area (Å²) in [6.45, 7) is 10.5. The number of ether oxygens (including phenoxy) is 3. The third-order valence-corrected chi connectivity index (χ3v) is 8.16. The molecule has 0 aliphatic carbocycles. The first kappa shape index (κ1) is 30.2. The molecule has 5 atom stereocenters. The van der Waals surface area contributed by atoms with Gasteiger partial charge in [0.1, 0.15) is 11.5 Å². The molecule has 3 aliphatic heterocycles. The Hall–Kier alpha value is -2.34. The maximum absolute atomic E-state index is 13.2. The van der Waals surface area contributed by atoms with Crippen LogP contribution < -0.4 is 0 Å². The molecule has 38 heavy (non-hydrogen) atoms. The van der Waals surface area contributed by atoms with Crippen molar-refractivity contribution in [3.8, 4) is 0 Å². The van der Waals surface area contributed by atoms with Crippen LogP contribution in [-0.2, 0) is 30.3 Å². The molecule has 1 unspecified atom stereocenters. The normalized spacial score (nSPS) is 24.7. The molecule has 1 N–H and O–H groups in total. The number of amides is 1. The maximum atomic E-state index is 13.2. The van der Waals surface area contributed by atoms with Crippen molar-refractivity contribution in [2.75, 3.05) is 13.1 Å². The molecule has 3 aliphatic rings. The van der Waals surface area contributed by atoms with Crippen LogP contribution in [0.1, 0.15) is 40.2 Å². The number of hydrogen-bond donors (Lipinski definition) is 1. The Morgan fingerprint density at radius 1 is 1.11 bits per heavy atom. The van der Waals surface area contributed by atoms with Gasteiger partial charge in [0.15, 0.2) is 0 Å². The zero-order valence-electron chi connectivity index (χ0n) is 22.0. The summed E-state index contributed by atoms with van der Waals surface area (Å²) in [4.78, 5) is 42.3. The second-order valence-electron chi connectivity index (χ2n) is 10.0. The van der Waals surface area contributed by atoms with Gasteiger partial charge < -0.3 is 24.2 Å². The van der Waals surface area contributed by atoms with E-state index >= 15 is 0 Å². The minimum Gasteiger partial charge on any atom is -0.431 e. The molecule has 0 spiro atoms. The van der Waals surface area contributed by atoms with Gasteiger partial charge in [-0.2, -0.15) is 0 Å². The number of halogens is 2. The standard InChI is InChI=1S/C26H33FN2O7S.ClH/c1-13(2)34-26(33)36-16(5)35-25(32)22-23(14(3)21-20(15(4)30)24(31)29(21)22)37-19-11-28(12-19)10-17-6-8-18(27)9-7-17;/h6-9,13-16,19-21,30H,10-12H2,1-5H3;1H/t14-,15-,16?,20-,21-;/m1./s1. The smallest absolute Gasteiger partial charge is 0.431 e. The van der Waals surface area contributed by atoms with E-state index in [9.17, 15) is 23.9 Å². The van der Waals surface area contributed by atoms with Gasteiger partial charge in [0.2, 0.25) is 12.2 Å². The van der Waals surface area contributed by atoms with Crippen molar-refractivity contribution in [3.05, 3.63) is 46.2 Å². The number of nitrogens with zero attached hydrogens (tertiary/aromatic N) is 2. The van der Waals surface area contributed by atoms with E-state index in [0.29, 0.717) is 6.54 Å². The second kappa shape index (κ2) is 12.2. The van der Waals surface area contributed by atoms with Crippen molar-refractivity contribution in [3.63, 3.8) is 0 Å². The minimum absolute atomic E-state index is 0. The van der Waals surface area contributed by atoms with Gasteiger partial charge in [-0.25, -0.2) is 14.0 Å². The number of hydrogen-bond acceptors (Lipinski definition) is 9. The summed E-state index contributed by atoms with van der Waals surface area (Å²) in [5.41, 5.74) is 1.16. The van der Waals surface area contributed by atoms with Gasteiger partial charge >= 0.3 is 12.1 Å². The first-order valence-corrected chi connectivity index (χ1v) is 13.3. The van der Waals surface area contributed by atoms with Gasteiger partial charge in [0.25, 0.3) is 0 Å². The van der Waals surface area contributed by atoms with Crippen molar-refractivity contribution >= 4 is 42.2 Å². The van der Waals surface area contributed by atoms with E-state index in [4.69, 9.17) is 14.2 Å². The molecule has 1 aromatic carbocycles. The molecule has 2 fully saturated rings. The largest absolute Gasteiger partial charge is 0.511 e. The van der Waals surface area contributed by atoms with E-state index in [-0.39, 0.29) is 47.0 Å². The summed E-state index contributed by atoms with van der Waals surface area (Å²) >= 11 is 1.54. The molecule has 0 saturated carbocycles. The molecule has 210 valence electrons. The zero-order valence-corrected chi connectivity index (χ0v) is 23.6. The number of fused-ring (bicyclic) bond motifs is 1. The predicted molar refractivity (Wildman–Crippen MR) is 141 cm³/mol. The Bertz CT molecular complexity index is 1080. The topological polar surface area (TPSA) is 106 Å². The van der Waals surface area contributed by atoms with Gasteiger partial charge in [-0.15, -0.1) is 24.2 Å². The Morgan fingerprint density at radius 2 is 1.74 bits per heavy atom. The number of likely N-dealkylation sites (tertiary alicyclic amines) is 1. The van der Waals surface area contributed by atoms with E-state index in [1.807, 2.05) is 6.92 Å². The molecule has 9 nitrogen and oxygen atoms in total. The lowest BCUT2D eigenvalue weighted by Gasteiger charge is -2.46. The fourth-order valence-electron chi connectivity index (χ4n) is 5.01. The second-order valence-corrected chi connectivity index (χ2v) is 11.4. The number of esters is 1. The molecular weight excluding hydrogens is 539 g/mol. The molecule has 1 aromatic rings. The Labute approximate surface area is 232 Å². The number of thioether (sulfide) groups is 1. The van der Waals surface area contributed by atoms with E-state index < -0.39 is 36.5 Å². The lowest BCUT2D eigenvalue weighted by atomic mass is 9.79. The summed E-state index contributed by atoms with van der Waals surface area (Å²) in [6, 6.07) is 6.07. The molecule has 12 heteroatoms. The molecular formula is C26H34ClFN2O7S. The number of rotatable bonds is 9. The van der Waals surface area contributed by atoms with E-state index in [2.05, 4.69) is 4.90 Å². The van der Waals surface area contributed by atoms with E-state index in [0.717, 1.165) is 23.6 Å². The van der Waals surface area contributed by atoms with Crippen LogP contribution in [0.3, 0.4) is 0 Å². The Kier molecular flexibility index (Phi) is 9.72. The van der Waals surface area contributed by atoms with Gasteiger partial charge in [0, 0.05) is 42.6 Å². The van der Waals surface area contributed by atoms with Gasteiger partial charge in [-0.1, -0.05) is 19.1 Å². The Balaban J connectivity index is 0.00000400. The van der Waals surface area contributed by atoms with Crippen LogP contribution in [-0.4, -0.2) is 75.8 Å². The third-order valence-electron chi connectivity index (χ3n) is 6.71. The molecule has 2 saturated heterocycles. The van der Waals surface area contributed by atoms with Gasteiger partial charge in [-0.05, 0) is 38.5 Å². The summed E-state index contributed by atoms with van der Waals surface area (Å²) in [6.07, 6.45) is -3.41. The van der Waals surface area contributed by atoms with Gasteiger partial charge in [-0.3, -0.25) is 9.69 Å². The van der Waals surface area contributed by atoms with Crippen molar-refractivity contribution in [1.82, 2.24) is 9.80 Å². The summed E-state index contributed by atoms with van der Waals surface area (Å²) in [7, 11) is 0. The highest BCUT2D eigenvalue weighted by Gasteiger charge is 2.60. The number of carbonyl (C=O) groups excluding carboxylic acids is 3. The SMILES string of the molecule is CC(C)OC(=O)OC(C)OC(=O)C1=C(SC2CN(Cc3ccc(F)cc3)C2)[C@H](C)[C@@H]2[C@@H]([C@@H](C)O)C(=O)N12.Cl. The number of aliphatic hydroxyl groups is 1. The van der Waals surface area contributed by atoms with Crippen LogP contribution in [0.2, 0.25) is 0 Å². The number of aliphatic hydroxyl groups excluding tert-OH is 1. The summed E-state index contributed by atoms with van der Waals surface area (Å²) in [5.74, 6) is -2.12. The van der Waals surface area contributed by atoms with Crippen LogP contribution >= 0.6 is 24.2 Å². The quantitative estimate of drug-likeness (QED) is 0.269. The molecule has 4 rings (SSSR count). The molecule has 0 bridgehead atoms. The fourth-order valence-corrected chi connectivity index (χ4v) is 6.59. The molecule has 0 radical (unpaired) electrons. The van der Waals surface area contributed by atoms with Crippen LogP contribution in [0, 0.1) is 17.7 Å². The lowest BCUT2D eigenvalue weighted by Crippen LogP contribution is -2.63. The first-order valence-electron chi connectivity index (χ1n) is 12.4. The number of β-lactam (4-membered cyclic amide) rings is 1. The fraction of sp³-hybridized carbons (Fsp3) is 0.577. The van der Waals surface area contributed by atoms with Crippen molar-refractivity contribution in [1.29, 1.82) is 0 Å². The average molecular weight is 573 g/mol. The average Bonchev–Trinajstić information content (AvgIpc) is 3.00. The van der Waals surface area contributed by atoms with Gasteiger partial charge in [0.05, 0.1) is 24.2 Å². The van der Waals surface area contributed by atoms with Crippen molar-refractivity contribution < 1.29 is 38.1 Å². The third kappa shape index (κ3) is 6.27. The van der Waals surface area contributed by atoms with E-state index in [1.54, 1.807) is 32.9 Å². The molecule has 0 aromatic heterocycles. The van der Waals surface area contributed by atoms with Crippen molar-refractivity contribution in [2.24, 2.45) is 11.8 Å². The van der Waals surface area contributed by atoms with Crippen LogP contribution in [0.25, 0.3) is 0 Å². The Morgan fingerprint density at radius 3 is 2.32 bits per heavy atom. The summed E-state index contributed by atoms with van der Waals surface area (Å²) < 4.78 is 28.5. The highest BCUT2D eigenvalue weighted by Crippen LogP contribution is 2.52. The maximum Gasteiger partial charge on any atom is 0.511 e. The van der Waals surface area contributed by atoms with Crippen LogP contribution in [0.5, 0.6) is 0 Å².